The van der Waals surface area contributed by atoms with Crippen LogP contribution >= 0.6 is 11.6 Å². The molecule has 1 atom stereocenters. The highest BCUT2D eigenvalue weighted by Gasteiger charge is 2.47. The zero-order valence-electron chi connectivity index (χ0n) is 11.0. The van der Waals surface area contributed by atoms with Gasteiger partial charge in [-0.15, -0.1) is 0 Å². The maximum atomic E-state index is 10.8. The molecule has 1 heterocycles. The Bertz CT molecular complexity index is 439. The summed E-state index contributed by atoms with van der Waals surface area (Å²) in [5.74, 6) is 0. The van der Waals surface area contributed by atoms with Crippen molar-refractivity contribution >= 4 is 11.6 Å². The van der Waals surface area contributed by atoms with Gasteiger partial charge in [0.05, 0.1) is 11.3 Å². The summed E-state index contributed by atoms with van der Waals surface area (Å²) in [5, 5.41) is 15.8. The number of rotatable bonds is 2. The van der Waals surface area contributed by atoms with E-state index in [9.17, 15) is 5.11 Å². The van der Waals surface area contributed by atoms with E-state index < -0.39 is 5.60 Å². The molecule has 2 rings (SSSR count). The molecular formula is C13H21ClN2O. The van der Waals surface area contributed by atoms with E-state index in [0.29, 0.717) is 11.6 Å². The first-order chi connectivity index (χ1) is 7.77. The van der Waals surface area contributed by atoms with Crippen molar-refractivity contribution in [2.45, 2.75) is 52.1 Å². The van der Waals surface area contributed by atoms with Crippen molar-refractivity contribution in [3.63, 3.8) is 0 Å². The van der Waals surface area contributed by atoms with Crippen LogP contribution in [-0.4, -0.2) is 20.5 Å². The Morgan fingerprint density at radius 3 is 2.47 bits per heavy atom. The third-order valence-corrected chi connectivity index (χ3v) is 4.86. The molecule has 1 N–H and O–H groups in total. The zero-order valence-corrected chi connectivity index (χ0v) is 11.8. The van der Waals surface area contributed by atoms with Crippen LogP contribution in [0.2, 0.25) is 5.15 Å². The van der Waals surface area contributed by atoms with Crippen LogP contribution in [0.5, 0.6) is 0 Å². The van der Waals surface area contributed by atoms with E-state index in [4.69, 9.17) is 11.6 Å². The summed E-state index contributed by atoms with van der Waals surface area (Å²) in [4.78, 5) is 0. The van der Waals surface area contributed by atoms with Gasteiger partial charge in [0, 0.05) is 19.0 Å². The largest absolute Gasteiger partial charge is 0.389 e. The van der Waals surface area contributed by atoms with Crippen molar-refractivity contribution in [3.05, 3.63) is 16.4 Å². The quantitative estimate of drug-likeness (QED) is 0.884. The third kappa shape index (κ3) is 2.00. The molecule has 17 heavy (non-hydrogen) atoms. The van der Waals surface area contributed by atoms with E-state index in [-0.39, 0.29) is 5.41 Å². The average molecular weight is 257 g/mol. The second-order valence-electron chi connectivity index (χ2n) is 5.92. The van der Waals surface area contributed by atoms with Crippen LogP contribution in [0.1, 0.15) is 44.4 Å². The molecule has 0 spiro atoms. The molecule has 0 aromatic carbocycles. The lowest BCUT2D eigenvalue weighted by Crippen LogP contribution is -2.42. The van der Waals surface area contributed by atoms with Crippen LogP contribution in [-0.2, 0) is 13.5 Å². The lowest BCUT2D eigenvalue weighted by molar-refractivity contribution is -0.0420. The summed E-state index contributed by atoms with van der Waals surface area (Å²) in [7, 11) is 1.84. The molecule has 0 aliphatic heterocycles. The van der Waals surface area contributed by atoms with Gasteiger partial charge in [-0.25, -0.2) is 0 Å². The number of aryl methyl sites for hydroxylation is 2. The van der Waals surface area contributed by atoms with Crippen molar-refractivity contribution in [3.8, 4) is 0 Å². The Labute approximate surface area is 108 Å². The minimum Gasteiger partial charge on any atom is -0.389 e. The molecule has 0 amide bonds. The van der Waals surface area contributed by atoms with Gasteiger partial charge in [0.2, 0.25) is 0 Å². The molecule has 1 fully saturated rings. The Morgan fingerprint density at radius 2 is 2.06 bits per heavy atom. The van der Waals surface area contributed by atoms with Gasteiger partial charge in [-0.1, -0.05) is 25.4 Å². The molecule has 4 heteroatoms. The van der Waals surface area contributed by atoms with Gasteiger partial charge in [0.1, 0.15) is 5.15 Å². The number of halogens is 1. The number of nitrogens with zero attached hydrogens (tertiary/aromatic N) is 2. The molecule has 1 unspecified atom stereocenters. The van der Waals surface area contributed by atoms with Gasteiger partial charge >= 0.3 is 0 Å². The van der Waals surface area contributed by atoms with Crippen LogP contribution in [0, 0.1) is 12.3 Å². The molecule has 0 bridgehead atoms. The maximum absolute atomic E-state index is 10.8. The maximum Gasteiger partial charge on any atom is 0.130 e. The summed E-state index contributed by atoms with van der Waals surface area (Å²) >= 11 is 6.24. The topological polar surface area (TPSA) is 38.0 Å². The molecule has 1 saturated carbocycles. The Morgan fingerprint density at radius 1 is 1.41 bits per heavy atom. The summed E-state index contributed by atoms with van der Waals surface area (Å²) in [5.41, 5.74) is 1.23. The first-order valence-corrected chi connectivity index (χ1v) is 6.55. The number of aromatic nitrogens is 2. The van der Waals surface area contributed by atoms with Gasteiger partial charge in [0.25, 0.3) is 0 Å². The predicted molar refractivity (Wildman–Crippen MR) is 69.2 cm³/mol. The third-order valence-electron chi connectivity index (χ3n) is 4.39. The predicted octanol–water partition coefficient (Wildman–Crippen LogP) is 2.87. The Hall–Kier alpha value is -0.540. The average Bonchev–Trinajstić information content (AvgIpc) is 2.60. The molecule has 0 saturated heterocycles. The molecule has 3 nitrogen and oxygen atoms in total. The van der Waals surface area contributed by atoms with Crippen molar-refractivity contribution in [2.75, 3.05) is 0 Å². The van der Waals surface area contributed by atoms with Gasteiger partial charge < -0.3 is 5.11 Å². The van der Waals surface area contributed by atoms with Crippen LogP contribution in [0.4, 0.5) is 0 Å². The summed E-state index contributed by atoms with van der Waals surface area (Å²) < 4.78 is 1.68. The molecule has 1 aromatic heterocycles. The minimum absolute atomic E-state index is 0.0430. The monoisotopic (exact) mass is 256 g/mol. The standard InChI is InChI=1S/C13H21ClN2O/c1-9-10(11(14)16(4)15-9)8-13(17)7-5-6-12(13,2)3/h17H,5-8H2,1-4H3. The van der Waals surface area contributed by atoms with Crippen LogP contribution in [0.25, 0.3) is 0 Å². The first-order valence-electron chi connectivity index (χ1n) is 6.17. The van der Waals surface area contributed by atoms with Crippen molar-refractivity contribution in [1.29, 1.82) is 0 Å². The van der Waals surface area contributed by atoms with Gasteiger partial charge in [-0.3, -0.25) is 4.68 Å². The molecule has 96 valence electrons. The van der Waals surface area contributed by atoms with E-state index in [2.05, 4.69) is 18.9 Å². The van der Waals surface area contributed by atoms with Gasteiger partial charge in [-0.2, -0.15) is 5.10 Å². The van der Waals surface area contributed by atoms with Crippen LogP contribution < -0.4 is 0 Å². The fraction of sp³-hybridized carbons (Fsp3) is 0.769. The number of aliphatic hydroxyl groups is 1. The fourth-order valence-electron chi connectivity index (χ4n) is 2.89. The Kier molecular flexibility index (Phi) is 3.03. The van der Waals surface area contributed by atoms with E-state index in [1.807, 2.05) is 14.0 Å². The fourth-order valence-corrected chi connectivity index (χ4v) is 3.13. The van der Waals surface area contributed by atoms with Gasteiger partial charge in [-0.05, 0) is 31.6 Å². The second kappa shape index (κ2) is 3.99. The smallest absolute Gasteiger partial charge is 0.130 e. The normalized spacial score (nSPS) is 27.6. The van der Waals surface area contributed by atoms with Crippen LogP contribution in [0.15, 0.2) is 0 Å². The van der Waals surface area contributed by atoms with Crippen molar-refractivity contribution < 1.29 is 5.11 Å². The molecule has 1 aliphatic rings. The minimum atomic E-state index is -0.648. The lowest BCUT2D eigenvalue weighted by Gasteiger charge is -2.37. The van der Waals surface area contributed by atoms with E-state index >= 15 is 0 Å². The van der Waals surface area contributed by atoms with Gasteiger partial charge in [0.15, 0.2) is 0 Å². The first kappa shape index (κ1) is 12.9. The second-order valence-corrected chi connectivity index (χ2v) is 6.28. The molecule has 0 radical (unpaired) electrons. The summed E-state index contributed by atoms with van der Waals surface area (Å²) in [6.45, 7) is 6.23. The van der Waals surface area contributed by atoms with E-state index in [0.717, 1.165) is 30.5 Å². The van der Waals surface area contributed by atoms with Crippen molar-refractivity contribution in [1.82, 2.24) is 9.78 Å². The molecular weight excluding hydrogens is 236 g/mol. The SMILES string of the molecule is Cc1nn(C)c(Cl)c1CC1(O)CCCC1(C)C. The molecule has 1 aliphatic carbocycles. The van der Waals surface area contributed by atoms with E-state index in [1.165, 1.54) is 0 Å². The zero-order chi connectivity index (χ0) is 12.8. The number of hydrogen-bond donors (Lipinski definition) is 1. The number of hydrogen-bond acceptors (Lipinski definition) is 2. The molecule has 1 aromatic rings. The van der Waals surface area contributed by atoms with Crippen LogP contribution in [0.3, 0.4) is 0 Å². The lowest BCUT2D eigenvalue weighted by atomic mass is 9.74. The summed E-state index contributed by atoms with van der Waals surface area (Å²) in [6.07, 6.45) is 3.62. The highest BCUT2D eigenvalue weighted by Crippen LogP contribution is 2.48. The van der Waals surface area contributed by atoms with Crippen molar-refractivity contribution in [2.24, 2.45) is 12.5 Å². The summed E-state index contributed by atoms with van der Waals surface area (Å²) in [6, 6.07) is 0. The highest BCUT2D eigenvalue weighted by molar-refractivity contribution is 6.30. The highest BCUT2D eigenvalue weighted by atomic mass is 35.5. The van der Waals surface area contributed by atoms with E-state index in [1.54, 1.807) is 4.68 Å². The Balaban J connectivity index is 2.32.